The van der Waals surface area contributed by atoms with Gasteiger partial charge in [0.2, 0.25) is 5.95 Å². The van der Waals surface area contributed by atoms with Gasteiger partial charge in [-0.3, -0.25) is 9.59 Å². The maximum Gasteiger partial charge on any atom is 0.282 e. The van der Waals surface area contributed by atoms with Crippen LogP contribution in [0.4, 0.5) is 11.6 Å². The van der Waals surface area contributed by atoms with Crippen LogP contribution in [0.15, 0.2) is 74.8 Å². The second kappa shape index (κ2) is 9.91. The molecule has 1 unspecified atom stereocenters. The van der Waals surface area contributed by atoms with Crippen molar-refractivity contribution in [1.29, 1.82) is 0 Å². The average molecular weight is 526 g/mol. The summed E-state index contributed by atoms with van der Waals surface area (Å²) >= 11 is 5.84. The van der Waals surface area contributed by atoms with E-state index in [9.17, 15) is 18.0 Å². The van der Waals surface area contributed by atoms with E-state index >= 15 is 0 Å². The molecule has 0 radical (unpaired) electrons. The number of anilines is 1. The predicted octanol–water partition coefficient (Wildman–Crippen LogP) is 4.06. The summed E-state index contributed by atoms with van der Waals surface area (Å²) in [6.45, 7) is 5.04. The summed E-state index contributed by atoms with van der Waals surface area (Å²) in [5.74, 6) is -1.28. The van der Waals surface area contributed by atoms with Crippen LogP contribution in [-0.2, 0) is 14.8 Å². The number of aryl methyl sites for hydroxylation is 2. The highest BCUT2D eigenvalue weighted by Crippen LogP contribution is 2.22. The number of imide groups is 1. The van der Waals surface area contributed by atoms with Crippen molar-refractivity contribution in [3.05, 3.63) is 76.6 Å². The number of amides is 2. The van der Waals surface area contributed by atoms with E-state index in [1.807, 2.05) is 0 Å². The number of benzene rings is 2. The molecule has 1 aromatic heterocycles. The molecule has 1 aliphatic heterocycles. The van der Waals surface area contributed by atoms with E-state index in [1.165, 1.54) is 48.5 Å². The Bertz CT molecular complexity index is 1480. The molecule has 4 rings (SSSR count). The van der Waals surface area contributed by atoms with E-state index in [1.54, 1.807) is 26.8 Å². The van der Waals surface area contributed by atoms with Gasteiger partial charge < -0.3 is 0 Å². The molecule has 1 aliphatic rings. The van der Waals surface area contributed by atoms with Gasteiger partial charge >= 0.3 is 0 Å². The number of azo groups is 1. The predicted molar refractivity (Wildman–Crippen MR) is 133 cm³/mol. The van der Waals surface area contributed by atoms with Gasteiger partial charge in [-0.15, -0.1) is 0 Å². The summed E-state index contributed by atoms with van der Waals surface area (Å²) in [7, 11) is -3.93. The van der Waals surface area contributed by atoms with Gasteiger partial charge in [-0.25, -0.2) is 23.1 Å². The Morgan fingerprint density at radius 2 is 1.61 bits per heavy atom. The maximum absolute atomic E-state index is 12.7. The number of nitrogens with zero attached hydrogens (tertiary/aromatic N) is 6. The van der Waals surface area contributed by atoms with Crippen molar-refractivity contribution in [2.45, 2.75) is 31.7 Å². The molecule has 2 aromatic carbocycles. The van der Waals surface area contributed by atoms with Crippen molar-refractivity contribution in [2.24, 2.45) is 15.3 Å². The van der Waals surface area contributed by atoms with Gasteiger partial charge in [0.05, 0.1) is 16.3 Å². The molecule has 2 amide bonds. The van der Waals surface area contributed by atoms with Gasteiger partial charge in [0, 0.05) is 22.0 Å². The first kappa shape index (κ1) is 25.1. The van der Waals surface area contributed by atoms with Crippen molar-refractivity contribution in [3.63, 3.8) is 0 Å². The monoisotopic (exact) mass is 525 g/mol. The van der Waals surface area contributed by atoms with Crippen molar-refractivity contribution in [2.75, 3.05) is 4.72 Å². The van der Waals surface area contributed by atoms with Crippen LogP contribution in [0.2, 0.25) is 5.02 Å². The SMILES string of the molecule is CC1=NN(C(=O)c2ccc(Cl)cc2)C(=O)C1N=Nc1ccc(S(=O)(=O)Nc2nc(C)cc(C)n2)cc1. The third kappa shape index (κ3) is 5.44. The molecular formula is C23H20ClN7O4S. The quantitative estimate of drug-likeness (QED) is 0.379. The summed E-state index contributed by atoms with van der Waals surface area (Å²) < 4.78 is 27.7. The molecule has 0 saturated heterocycles. The summed E-state index contributed by atoms with van der Waals surface area (Å²) in [6, 6.07) is 12.3. The molecule has 184 valence electrons. The minimum absolute atomic E-state index is 0.0246. The van der Waals surface area contributed by atoms with Gasteiger partial charge in [-0.1, -0.05) is 11.6 Å². The zero-order valence-corrected chi connectivity index (χ0v) is 20.9. The summed E-state index contributed by atoms with van der Waals surface area (Å²) in [6.07, 6.45) is 0. The standard InChI is InChI=1S/C23H20ClN7O4S/c1-13-12-14(2)26-23(25-13)30-36(34,35)19-10-8-18(9-11-19)27-28-20-15(3)29-31(22(20)33)21(32)16-4-6-17(24)7-5-16/h4-12,20H,1-3H3,(H,25,26,30). The molecule has 2 heterocycles. The van der Waals surface area contributed by atoms with Crippen LogP contribution >= 0.6 is 11.6 Å². The molecule has 0 bridgehead atoms. The third-order valence-corrected chi connectivity index (χ3v) is 6.62. The lowest BCUT2D eigenvalue weighted by Crippen LogP contribution is -2.34. The summed E-state index contributed by atoms with van der Waals surface area (Å²) in [4.78, 5) is 33.5. The van der Waals surface area contributed by atoms with Crippen LogP contribution in [0, 0.1) is 13.8 Å². The summed E-state index contributed by atoms with van der Waals surface area (Å²) in [5, 5.41) is 13.3. The molecule has 1 atom stereocenters. The van der Waals surface area contributed by atoms with Gasteiger partial charge in [-0.05, 0) is 75.4 Å². The van der Waals surface area contributed by atoms with Crippen LogP contribution in [0.25, 0.3) is 0 Å². The highest BCUT2D eigenvalue weighted by Gasteiger charge is 2.38. The molecule has 11 nitrogen and oxygen atoms in total. The van der Waals surface area contributed by atoms with Gasteiger partial charge in [0.1, 0.15) is 0 Å². The Balaban J connectivity index is 1.46. The van der Waals surface area contributed by atoms with E-state index < -0.39 is 27.9 Å². The van der Waals surface area contributed by atoms with E-state index in [0.717, 1.165) is 5.01 Å². The molecule has 0 aliphatic carbocycles. The average Bonchev–Trinajstić information content (AvgIpc) is 3.10. The summed E-state index contributed by atoms with van der Waals surface area (Å²) in [5.41, 5.74) is 2.11. The Labute approximate surface area is 212 Å². The van der Waals surface area contributed by atoms with E-state index in [2.05, 4.69) is 30.0 Å². The number of hydrogen-bond donors (Lipinski definition) is 1. The number of hydrazone groups is 1. The fraction of sp³-hybridized carbons (Fsp3) is 0.174. The third-order valence-electron chi connectivity index (χ3n) is 5.02. The Morgan fingerprint density at radius 1 is 1.00 bits per heavy atom. The molecular weight excluding hydrogens is 506 g/mol. The number of carbonyl (C=O) groups excluding carboxylic acids is 2. The largest absolute Gasteiger partial charge is 0.282 e. The smallest absolute Gasteiger partial charge is 0.269 e. The molecule has 0 saturated carbocycles. The highest BCUT2D eigenvalue weighted by atomic mass is 35.5. The Hall–Kier alpha value is -4.03. The fourth-order valence-corrected chi connectivity index (χ4v) is 4.39. The van der Waals surface area contributed by atoms with Crippen molar-refractivity contribution < 1.29 is 18.0 Å². The first-order valence-corrected chi connectivity index (χ1v) is 12.4. The Morgan fingerprint density at radius 3 is 2.22 bits per heavy atom. The van der Waals surface area contributed by atoms with Crippen LogP contribution in [0.5, 0.6) is 0 Å². The first-order chi connectivity index (χ1) is 17.0. The number of aromatic nitrogens is 2. The fourth-order valence-electron chi connectivity index (χ4n) is 3.32. The molecule has 3 aromatic rings. The van der Waals surface area contributed by atoms with E-state index in [-0.39, 0.29) is 16.4 Å². The first-order valence-electron chi connectivity index (χ1n) is 10.6. The minimum atomic E-state index is -3.93. The molecule has 1 N–H and O–H groups in total. The molecule has 0 spiro atoms. The Kier molecular flexibility index (Phi) is 6.91. The van der Waals surface area contributed by atoms with Crippen molar-refractivity contribution >= 4 is 50.8 Å². The van der Waals surface area contributed by atoms with Gasteiger partial charge in [0.25, 0.3) is 21.8 Å². The van der Waals surface area contributed by atoms with E-state index in [0.29, 0.717) is 27.8 Å². The lowest BCUT2D eigenvalue weighted by atomic mass is 10.2. The van der Waals surface area contributed by atoms with Crippen LogP contribution < -0.4 is 4.72 Å². The van der Waals surface area contributed by atoms with Crippen LogP contribution in [0.1, 0.15) is 28.7 Å². The lowest BCUT2D eigenvalue weighted by Gasteiger charge is -2.10. The van der Waals surface area contributed by atoms with Gasteiger partial charge in [0.15, 0.2) is 6.04 Å². The number of halogens is 1. The number of hydrogen-bond acceptors (Lipinski definition) is 9. The highest BCUT2D eigenvalue weighted by molar-refractivity contribution is 7.92. The minimum Gasteiger partial charge on any atom is -0.269 e. The number of sulfonamides is 1. The zero-order chi connectivity index (χ0) is 26.0. The number of rotatable bonds is 6. The molecule has 13 heteroatoms. The lowest BCUT2D eigenvalue weighted by molar-refractivity contribution is -0.127. The van der Waals surface area contributed by atoms with Gasteiger partial charge in [-0.2, -0.15) is 20.3 Å². The van der Waals surface area contributed by atoms with E-state index in [4.69, 9.17) is 11.6 Å². The molecule has 0 fully saturated rings. The molecule has 36 heavy (non-hydrogen) atoms. The number of carbonyl (C=O) groups is 2. The topological polar surface area (TPSA) is 146 Å². The number of nitrogens with one attached hydrogen (secondary N) is 1. The van der Waals surface area contributed by atoms with Crippen LogP contribution in [-0.4, -0.2) is 47.0 Å². The maximum atomic E-state index is 12.7. The second-order valence-corrected chi connectivity index (χ2v) is 10.0. The normalized spacial score (nSPS) is 15.9. The van der Waals surface area contributed by atoms with Crippen LogP contribution in [0.3, 0.4) is 0 Å². The zero-order valence-electron chi connectivity index (χ0n) is 19.4. The van der Waals surface area contributed by atoms with Crippen molar-refractivity contribution in [3.8, 4) is 0 Å². The van der Waals surface area contributed by atoms with Crippen molar-refractivity contribution in [1.82, 2.24) is 15.0 Å². The second-order valence-electron chi connectivity index (χ2n) is 7.90.